The number of anilines is 1. The van der Waals surface area contributed by atoms with Gasteiger partial charge in [-0.2, -0.15) is 8.42 Å². The number of hydrogen-bond donors (Lipinski definition) is 2. The SMILES string of the molecule is O=[N+]([O-])CS(=O)(=O)Nc1cccc(O)c1. The van der Waals surface area contributed by atoms with Gasteiger partial charge in [-0.05, 0) is 12.1 Å². The van der Waals surface area contributed by atoms with Crippen LogP contribution in [0, 0.1) is 10.1 Å². The Morgan fingerprint density at radius 2 is 2.13 bits per heavy atom. The minimum Gasteiger partial charge on any atom is -0.508 e. The first kappa shape index (κ1) is 11.2. The van der Waals surface area contributed by atoms with E-state index in [4.69, 9.17) is 5.11 Å². The summed E-state index contributed by atoms with van der Waals surface area (Å²) >= 11 is 0. The highest BCUT2D eigenvalue weighted by atomic mass is 32.2. The maximum absolute atomic E-state index is 11.1. The number of aromatic hydroxyl groups is 1. The second-order valence-corrected chi connectivity index (χ2v) is 4.42. The zero-order valence-electron chi connectivity index (χ0n) is 7.45. The molecule has 1 aromatic rings. The Morgan fingerprint density at radius 1 is 1.47 bits per heavy atom. The summed E-state index contributed by atoms with van der Waals surface area (Å²) in [5, 5.41) is 19.0. The fourth-order valence-corrected chi connectivity index (χ4v) is 1.75. The lowest BCUT2D eigenvalue weighted by molar-refractivity contribution is -0.458. The monoisotopic (exact) mass is 232 g/mol. The summed E-state index contributed by atoms with van der Waals surface area (Å²) in [7, 11) is -4.01. The van der Waals surface area contributed by atoms with E-state index in [1.807, 2.05) is 4.72 Å². The van der Waals surface area contributed by atoms with Crippen LogP contribution in [0.2, 0.25) is 0 Å². The Bertz CT molecular complexity index is 470. The molecule has 0 aliphatic carbocycles. The Morgan fingerprint density at radius 3 is 2.67 bits per heavy atom. The van der Waals surface area contributed by atoms with Crippen molar-refractivity contribution in [1.29, 1.82) is 0 Å². The average molecular weight is 232 g/mol. The fraction of sp³-hybridized carbons (Fsp3) is 0.143. The number of sulfonamides is 1. The normalized spacial score (nSPS) is 10.9. The second kappa shape index (κ2) is 4.13. The van der Waals surface area contributed by atoms with Gasteiger partial charge in [0.05, 0.1) is 5.69 Å². The molecule has 0 radical (unpaired) electrons. The highest BCUT2D eigenvalue weighted by Gasteiger charge is 2.17. The number of nitrogens with zero attached hydrogens (tertiary/aromatic N) is 1. The molecule has 0 atom stereocenters. The molecule has 0 amide bonds. The van der Waals surface area contributed by atoms with Crippen LogP contribution in [0.1, 0.15) is 0 Å². The molecule has 1 aromatic carbocycles. The van der Waals surface area contributed by atoms with Crippen molar-refractivity contribution in [3.63, 3.8) is 0 Å². The molecule has 2 N–H and O–H groups in total. The first-order valence-electron chi connectivity index (χ1n) is 3.80. The largest absolute Gasteiger partial charge is 0.508 e. The predicted molar refractivity (Wildman–Crippen MR) is 52.5 cm³/mol. The van der Waals surface area contributed by atoms with Crippen molar-refractivity contribution < 1.29 is 18.4 Å². The number of nitrogens with one attached hydrogen (secondary N) is 1. The van der Waals surface area contributed by atoms with Crippen LogP contribution in [0.5, 0.6) is 5.75 Å². The molecule has 0 saturated heterocycles. The molecule has 0 aliphatic heterocycles. The van der Waals surface area contributed by atoms with Gasteiger partial charge in [-0.3, -0.25) is 14.8 Å². The molecular formula is C7H8N2O5S. The lowest BCUT2D eigenvalue weighted by atomic mass is 10.3. The van der Waals surface area contributed by atoms with E-state index in [-0.39, 0.29) is 11.4 Å². The molecule has 0 aliphatic rings. The van der Waals surface area contributed by atoms with E-state index >= 15 is 0 Å². The highest BCUT2D eigenvalue weighted by Crippen LogP contribution is 2.16. The van der Waals surface area contributed by atoms with E-state index in [9.17, 15) is 18.5 Å². The Labute approximate surface area is 85.6 Å². The minimum absolute atomic E-state index is 0.0804. The van der Waals surface area contributed by atoms with Crippen LogP contribution in [0.3, 0.4) is 0 Å². The van der Waals surface area contributed by atoms with Crippen molar-refractivity contribution in [3.05, 3.63) is 34.4 Å². The van der Waals surface area contributed by atoms with E-state index < -0.39 is 20.8 Å². The summed E-state index contributed by atoms with van der Waals surface area (Å²) in [6, 6.07) is 5.29. The third-order valence-electron chi connectivity index (χ3n) is 1.39. The second-order valence-electron chi connectivity index (χ2n) is 2.73. The highest BCUT2D eigenvalue weighted by molar-refractivity contribution is 7.92. The molecule has 0 bridgehead atoms. The molecule has 0 fully saturated rings. The number of benzene rings is 1. The molecule has 8 heteroatoms. The summed E-state index contributed by atoms with van der Waals surface area (Å²) in [4.78, 5) is 9.06. The van der Waals surface area contributed by atoms with Crippen molar-refractivity contribution >= 4 is 15.7 Å². The first-order valence-corrected chi connectivity index (χ1v) is 5.45. The molecular weight excluding hydrogens is 224 g/mol. The first-order chi connectivity index (χ1) is 6.89. The Kier molecular flexibility index (Phi) is 3.10. The van der Waals surface area contributed by atoms with E-state index in [2.05, 4.69) is 0 Å². The smallest absolute Gasteiger partial charge is 0.319 e. The molecule has 15 heavy (non-hydrogen) atoms. The molecule has 0 spiro atoms. The van der Waals surface area contributed by atoms with Gasteiger partial charge in [-0.25, -0.2) is 0 Å². The van der Waals surface area contributed by atoms with E-state index in [1.165, 1.54) is 18.2 Å². The lowest BCUT2D eigenvalue weighted by Gasteiger charge is -2.04. The van der Waals surface area contributed by atoms with E-state index in [0.717, 1.165) is 6.07 Å². The molecule has 7 nitrogen and oxygen atoms in total. The molecule has 0 saturated carbocycles. The maximum atomic E-state index is 11.1. The van der Waals surface area contributed by atoms with Crippen LogP contribution in [-0.4, -0.2) is 24.3 Å². The van der Waals surface area contributed by atoms with Crippen molar-refractivity contribution in [2.24, 2.45) is 0 Å². The zero-order chi connectivity index (χ0) is 11.5. The van der Waals surface area contributed by atoms with Crippen LogP contribution in [0.25, 0.3) is 0 Å². The third kappa shape index (κ3) is 3.81. The summed E-state index contributed by atoms with van der Waals surface area (Å²) in [5.41, 5.74) is 0.0804. The topological polar surface area (TPSA) is 110 Å². The van der Waals surface area contributed by atoms with Gasteiger partial charge in [0.1, 0.15) is 5.75 Å². The third-order valence-corrected chi connectivity index (χ3v) is 2.49. The van der Waals surface area contributed by atoms with Gasteiger partial charge in [-0.1, -0.05) is 6.07 Å². The summed E-state index contributed by atoms with van der Waals surface area (Å²) in [6.45, 7) is 0. The van der Waals surface area contributed by atoms with Crippen LogP contribution in [0.15, 0.2) is 24.3 Å². The average Bonchev–Trinajstić information content (AvgIpc) is 1.99. The number of nitro groups is 1. The number of rotatable bonds is 4. The van der Waals surface area contributed by atoms with Crippen molar-refractivity contribution in [1.82, 2.24) is 0 Å². The predicted octanol–water partition coefficient (Wildman–Crippen LogP) is 0.368. The summed E-state index contributed by atoms with van der Waals surface area (Å²) in [6.07, 6.45) is 0. The van der Waals surface area contributed by atoms with Crippen molar-refractivity contribution in [3.8, 4) is 5.75 Å². The van der Waals surface area contributed by atoms with Gasteiger partial charge < -0.3 is 5.11 Å². The van der Waals surface area contributed by atoms with Gasteiger partial charge in [0.25, 0.3) is 10.0 Å². The van der Waals surface area contributed by atoms with E-state index in [1.54, 1.807) is 0 Å². The van der Waals surface area contributed by atoms with E-state index in [0.29, 0.717) is 0 Å². The summed E-state index contributed by atoms with van der Waals surface area (Å²) in [5.74, 6) is -1.33. The quantitative estimate of drug-likeness (QED) is 0.575. The Balaban J connectivity index is 2.82. The van der Waals surface area contributed by atoms with Crippen molar-refractivity contribution in [2.45, 2.75) is 0 Å². The zero-order valence-corrected chi connectivity index (χ0v) is 8.27. The van der Waals surface area contributed by atoms with Crippen LogP contribution < -0.4 is 4.72 Å². The number of phenols is 1. The molecule has 0 aromatic heterocycles. The molecule has 0 unspecified atom stereocenters. The number of phenolic OH excluding ortho intramolecular Hbond substituents is 1. The summed E-state index contributed by atoms with van der Waals surface area (Å²) < 4.78 is 24.1. The lowest BCUT2D eigenvalue weighted by Crippen LogP contribution is -2.21. The molecule has 1 rings (SSSR count). The van der Waals surface area contributed by atoms with Gasteiger partial charge in [0.15, 0.2) is 0 Å². The Hall–Kier alpha value is -1.83. The van der Waals surface area contributed by atoms with Gasteiger partial charge in [0, 0.05) is 11.0 Å². The fourth-order valence-electron chi connectivity index (χ4n) is 0.920. The van der Waals surface area contributed by atoms with Gasteiger partial charge in [0.2, 0.25) is 0 Å². The van der Waals surface area contributed by atoms with Crippen molar-refractivity contribution in [2.75, 3.05) is 10.6 Å². The van der Waals surface area contributed by atoms with Crippen LogP contribution in [-0.2, 0) is 10.0 Å². The van der Waals surface area contributed by atoms with Gasteiger partial charge >= 0.3 is 5.88 Å². The van der Waals surface area contributed by atoms with Crippen LogP contribution >= 0.6 is 0 Å². The molecule has 82 valence electrons. The standard InChI is InChI=1S/C7H8N2O5S/c10-7-3-1-2-6(4-7)8-15(13,14)5-9(11)12/h1-4,8,10H,5H2. The van der Waals surface area contributed by atoms with Crippen LogP contribution in [0.4, 0.5) is 5.69 Å². The minimum atomic E-state index is -4.01. The molecule has 0 heterocycles. The number of hydrogen-bond acceptors (Lipinski definition) is 5. The maximum Gasteiger partial charge on any atom is 0.319 e. The van der Waals surface area contributed by atoms with Gasteiger partial charge in [-0.15, -0.1) is 0 Å².